The van der Waals surface area contributed by atoms with Gasteiger partial charge in [-0.25, -0.2) is 18.1 Å². The zero-order valence-electron chi connectivity index (χ0n) is 11.2. The Morgan fingerprint density at radius 2 is 2.24 bits per heavy atom. The fourth-order valence-electron chi connectivity index (χ4n) is 2.05. The van der Waals surface area contributed by atoms with Crippen molar-refractivity contribution in [3.05, 3.63) is 41.9 Å². The van der Waals surface area contributed by atoms with Crippen molar-refractivity contribution in [2.24, 2.45) is 0 Å². The Bertz CT molecular complexity index is 896. The second kappa shape index (κ2) is 4.86. The monoisotopic (exact) mass is 306 g/mol. The molecule has 4 N–H and O–H groups in total. The average molecular weight is 306 g/mol. The largest absolute Gasteiger partial charge is 0.381 e. The van der Waals surface area contributed by atoms with Gasteiger partial charge in [0.1, 0.15) is 5.65 Å². The number of nitrogens with zero attached hydrogens (tertiary/aromatic N) is 3. The Hall–Kier alpha value is -2.39. The van der Waals surface area contributed by atoms with Gasteiger partial charge in [0, 0.05) is 24.0 Å². The summed E-state index contributed by atoms with van der Waals surface area (Å²) in [6.07, 6.45) is 3.19. The van der Waals surface area contributed by atoms with E-state index >= 15 is 0 Å². The van der Waals surface area contributed by atoms with Crippen LogP contribution in [0.25, 0.3) is 5.65 Å². The van der Waals surface area contributed by atoms with Gasteiger partial charge in [-0.1, -0.05) is 6.07 Å². The van der Waals surface area contributed by atoms with Gasteiger partial charge in [0.05, 0.1) is 6.20 Å². The third-order valence-corrected chi connectivity index (χ3v) is 4.59. The van der Waals surface area contributed by atoms with Crippen molar-refractivity contribution < 1.29 is 8.42 Å². The molecule has 0 aliphatic carbocycles. The Morgan fingerprint density at radius 3 is 2.95 bits per heavy atom. The summed E-state index contributed by atoms with van der Waals surface area (Å²) in [4.78, 5) is 4.04. The highest BCUT2D eigenvalue weighted by atomic mass is 32.2. The van der Waals surface area contributed by atoms with Gasteiger partial charge < -0.3 is 5.73 Å². The number of nitrogens with two attached hydrogens (primary N) is 1. The second-order valence-corrected chi connectivity index (χ2v) is 6.26. The number of rotatable bonds is 4. The first kappa shape index (κ1) is 13.6. The zero-order valence-corrected chi connectivity index (χ0v) is 12.1. The van der Waals surface area contributed by atoms with E-state index in [1.165, 1.54) is 4.40 Å². The maximum Gasteiger partial charge on any atom is 0.260 e. The van der Waals surface area contributed by atoms with Crippen molar-refractivity contribution in [3.63, 3.8) is 0 Å². The van der Waals surface area contributed by atoms with Crippen LogP contribution in [0.4, 0.5) is 5.82 Å². The standard InChI is InChI=1S/C12H14N6O2S/c1-8-9(6-14-17-8)7-15-21(19,20)12-11(13)16-10-4-2-3-5-18(10)12/h2-6,15H,7,13H2,1H3,(H,14,17). The zero-order chi connectivity index (χ0) is 15.0. The van der Waals surface area contributed by atoms with E-state index in [0.29, 0.717) is 5.65 Å². The van der Waals surface area contributed by atoms with E-state index in [1.54, 1.807) is 30.6 Å². The maximum absolute atomic E-state index is 12.5. The molecule has 0 fully saturated rings. The average Bonchev–Trinajstić information content (AvgIpc) is 2.99. The number of hydrogen-bond donors (Lipinski definition) is 3. The van der Waals surface area contributed by atoms with Crippen LogP contribution in [0.5, 0.6) is 0 Å². The molecule has 0 aliphatic heterocycles. The highest BCUT2D eigenvalue weighted by Crippen LogP contribution is 2.20. The predicted molar refractivity (Wildman–Crippen MR) is 77.0 cm³/mol. The Labute approximate surface area is 121 Å². The van der Waals surface area contributed by atoms with Crippen LogP contribution >= 0.6 is 0 Å². The molecule has 3 aromatic rings. The summed E-state index contributed by atoms with van der Waals surface area (Å²) in [6, 6.07) is 5.17. The normalized spacial score (nSPS) is 12.0. The lowest BCUT2D eigenvalue weighted by Crippen LogP contribution is -2.25. The summed E-state index contributed by atoms with van der Waals surface area (Å²) in [5.74, 6) is -0.0300. The molecule has 0 spiro atoms. The van der Waals surface area contributed by atoms with E-state index in [2.05, 4.69) is 19.9 Å². The molecule has 0 atom stereocenters. The van der Waals surface area contributed by atoms with Crippen molar-refractivity contribution >= 4 is 21.5 Å². The third-order valence-electron chi connectivity index (χ3n) is 3.15. The van der Waals surface area contributed by atoms with Gasteiger partial charge in [0.2, 0.25) is 0 Å². The first-order chi connectivity index (χ1) is 9.99. The molecule has 3 aromatic heterocycles. The molecular formula is C12H14N6O2S. The predicted octanol–water partition coefficient (Wildman–Crippen LogP) is 0.427. The van der Waals surface area contributed by atoms with Gasteiger partial charge >= 0.3 is 0 Å². The topological polar surface area (TPSA) is 118 Å². The minimum Gasteiger partial charge on any atom is -0.381 e. The number of sulfonamides is 1. The number of aromatic nitrogens is 4. The van der Waals surface area contributed by atoms with Crippen molar-refractivity contribution in [1.29, 1.82) is 0 Å². The summed E-state index contributed by atoms with van der Waals surface area (Å²) in [5.41, 5.74) is 7.81. The van der Waals surface area contributed by atoms with Crippen molar-refractivity contribution in [2.45, 2.75) is 18.5 Å². The quantitative estimate of drug-likeness (QED) is 0.646. The molecule has 0 aromatic carbocycles. The first-order valence-electron chi connectivity index (χ1n) is 6.20. The third kappa shape index (κ3) is 2.36. The lowest BCUT2D eigenvalue weighted by Gasteiger charge is -2.06. The van der Waals surface area contributed by atoms with Crippen LogP contribution in [0.15, 0.2) is 35.6 Å². The van der Waals surface area contributed by atoms with Gasteiger partial charge in [-0.05, 0) is 19.1 Å². The molecule has 3 rings (SSSR count). The van der Waals surface area contributed by atoms with E-state index in [4.69, 9.17) is 5.73 Å². The van der Waals surface area contributed by atoms with E-state index < -0.39 is 10.0 Å². The Kier molecular flexibility index (Phi) is 3.15. The lowest BCUT2D eigenvalue weighted by atomic mass is 10.3. The van der Waals surface area contributed by atoms with Crippen LogP contribution in [0, 0.1) is 6.92 Å². The number of hydrogen-bond acceptors (Lipinski definition) is 5. The molecule has 110 valence electrons. The number of imidazole rings is 1. The second-order valence-electron chi connectivity index (χ2n) is 4.58. The molecule has 0 saturated heterocycles. The molecule has 21 heavy (non-hydrogen) atoms. The van der Waals surface area contributed by atoms with E-state index in [0.717, 1.165) is 11.3 Å². The number of fused-ring (bicyclic) bond motifs is 1. The summed E-state index contributed by atoms with van der Waals surface area (Å²) in [7, 11) is -3.78. The van der Waals surface area contributed by atoms with E-state index in [1.807, 2.05) is 6.92 Å². The number of H-pyrrole nitrogens is 1. The molecule has 0 bridgehead atoms. The summed E-state index contributed by atoms with van der Waals surface area (Å²) in [6.45, 7) is 1.95. The molecule has 0 aliphatic rings. The van der Waals surface area contributed by atoms with Crippen LogP contribution < -0.4 is 10.5 Å². The van der Waals surface area contributed by atoms with Gasteiger partial charge in [-0.3, -0.25) is 9.50 Å². The number of nitrogens with one attached hydrogen (secondary N) is 2. The van der Waals surface area contributed by atoms with Gasteiger partial charge in [-0.2, -0.15) is 5.10 Å². The van der Waals surface area contributed by atoms with Crippen LogP contribution in [-0.4, -0.2) is 28.0 Å². The minimum atomic E-state index is -3.78. The first-order valence-corrected chi connectivity index (χ1v) is 7.68. The summed E-state index contributed by atoms with van der Waals surface area (Å²) in [5, 5.41) is 6.55. The number of aryl methyl sites for hydroxylation is 1. The number of anilines is 1. The van der Waals surface area contributed by atoms with Gasteiger partial charge in [0.15, 0.2) is 10.8 Å². The number of pyridine rings is 1. The minimum absolute atomic E-state index is 0.0300. The molecule has 0 radical (unpaired) electrons. The summed E-state index contributed by atoms with van der Waals surface area (Å²) >= 11 is 0. The maximum atomic E-state index is 12.5. The summed E-state index contributed by atoms with van der Waals surface area (Å²) < 4.78 is 28.9. The molecular weight excluding hydrogens is 292 g/mol. The molecule has 0 unspecified atom stereocenters. The fraction of sp³-hybridized carbons (Fsp3) is 0.167. The number of aromatic amines is 1. The van der Waals surface area contributed by atoms with Crippen LogP contribution in [0.3, 0.4) is 0 Å². The highest BCUT2D eigenvalue weighted by Gasteiger charge is 2.23. The van der Waals surface area contributed by atoms with Gasteiger partial charge in [0.25, 0.3) is 10.0 Å². The SMILES string of the molecule is Cc1[nH]ncc1CNS(=O)(=O)c1c(N)nc2ccccn12. The fourth-order valence-corrected chi connectivity index (χ4v) is 3.27. The molecule has 0 amide bonds. The lowest BCUT2D eigenvalue weighted by molar-refractivity contribution is 0.577. The van der Waals surface area contributed by atoms with E-state index in [-0.39, 0.29) is 17.4 Å². The molecule has 9 heteroatoms. The van der Waals surface area contributed by atoms with Crippen molar-refractivity contribution in [2.75, 3.05) is 5.73 Å². The van der Waals surface area contributed by atoms with Crippen LogP contribution in [0.1, 0.15) is 11.3 Å². The van der Waals surface area contributed by atoms with Crippen molar-refractivity contribution in [1.82, 2.24) is 24.3 Å². The Morgan fingerprint density at radius 1 is 1.43 bits per heavy atom. The van der Waals surface area contributed by atoms with Crippen LogP contribution in [0.2, 0.25) is 0 Å². The van der Waals surface area contributed by atoms with Crippen molar-refractivity contribution in [3.8, 4) is 0 Å². The number of nitrogen functional groups attached to an aromatic ring is 1. The highest BCUT2D eigenvalue weighted by molar-refractivity contribution is 7.89. The molecule has 8 nitrogen and oxygen atoms in total. The van der Waals surface area contributed by atoms with Crippen LogP contribution in [-0.2, 0) is 16.6 Å². The van der Waals surface area contributed by atoms with Gasteiger partial charge in [-0.15, -0.1) is 0 Å². The Balaban J connectivity index is 1.97. The molecule has 0 saturated carbocycles. The molecule has 3 heterocycles. The smallest absolute Gasteiger partial charge is 0.260 e. The van der Waals surface area contributed by atoms with E-state index in [9.17, 15) is 8.42 Å².